The number of halogens is 3. The van der Waals surface area contributed by atoms with E-state index in [2.05, 4.69) is 17.1 Å². The van der Waals surface area contributed by atoms with Crippen molar-refractivity contribution >= 4 is 5.69 Å². The maximum Gasteiger partial charge on any atom is 0.416 e. The van der Waals surface area contributed by atoms with Crippen LogP contribution in [0.3, 0.4) is 0 Å². The largest absolute Gasteiger partial charge is 0.416 e. The van der Waals surface area contributed by atoms with E-state index in [1.165, 1.54) is 12.1 Å². The van der Waals surface area contributed by atoms with Crippen LogP contribution in [0, 0.1) is 0 Å². The summed E-state index contributed by atoms with van der Waals surface area (Å²) in [6.07, 6.45) is -3.50. The first kappa shape index (κ1) is 15.2. The molecule has 0 saturated carbocycles. The zero-order valence-corrected chi connectivity index (χ0v) is 12.3. The van der Waals surface area contributed by atoms with Crippen molar-refractivity contribution in [3.8, 4) is 0 Å². The molecule has 1 aliphatic rings. The zero-order valence-electron chi connectivity index (χ0n) is 12.3. The second-order valence-corrected chi connectivity index (χ2v) is 5.69. The van der Waals surface area contributed by atoms with Crippen molar-refractivity contribution in [3.05, 3.63) is 29.3 Å². The third kappa shape index (κ3) is 2.64. The van der Waals surface area contributed by atoms with Crippen molar-refractivity contribution in [2.75, 3.05) is 11.9 Å². The summed E-state index contributed by atoms with van der Waals surface area (Å²) in [6.45, 7) is 6.10. The number of benzene rings is 1. The molecule has 2 rings (SSSR count). The minimum absolute atomic E-state index is 0.167. The van der Waals surface area contributed by atoms with E-state index in [1.54, 1.807) is 6.07 Å². The van der Waals surface area contributed by atoms with Crippen LogP contribution in [0.15, 0.2) is 18.2 Å². The van der Waals surface area contributed by atoms with Crippen LogP contribution in [0.1, 0.15) is 31.9 Å². The van der Waals surface area contributed by atoms with Crippen molar-refractivity contribution in [2.45, 2.75) is 51.5 Å². The normalized spacial score (nSPS) is 20.4. The third-order valence-electron chi connectivity index (χ3n) is 4.07. The Morgan fingerprint density at radius 3 is 2.40 bits per heavy atom. The van der Waals surface area contributed by atoms with Gasteiger partial charge in [-0.25, -0.2) is 0 Å². The Bertz CT molecular complexity index is 482. The number of anilines is 1. The average Bonchev–Trinajstić information content (AvgIpc) is 2.74. The van der Waals surface area contributed by atoms with E-state index in [9.17, 15) is 13.2 Å². The number of hydrogen-bond acceptors (Lipinski definition) is 2. The number of nitrogens with one attached hydrogen (secondary N) is 1. The van der Waals surface area contributed by atoms with Gasteiger partial charge in [-0.2, -0.15) is 13.2 Å². The van der Waals surface area contributed by atoms with E-state index in [0.29, 0.717) is 0 Å². The van der Waals surface area contributed by atoms with Crippen LogP contribution in [-0.4, -0.2) is 25.2 Å². The van der Waals surface area contributed by atoms with Crippen LogP contribution in [0.4, 0.5) is 18.9 Å². The van der Waals surface area contributed by atoms with Gasteiger partial charge in [-0.05, 0) is 51.9 Å². The minimum atomic E-state index is -4.29. The monoisotopic (exact) mass is 286 g/mol. The molecule has 1 N–H and O–H groups in total. The van der Waals surface area contributed by atoms with Gasteiger partial charge in [0.25, 0.3) is 0 Å². The SMILES string of the molecule is CNC(C)C1Cc2ccc(C(F)(F)F)cc2N1C(C)C. The lowest BCUT2D eigenvalue weighted by atomic mass is 10.0. The maximum atomic E-state index is 12.9. The number of rotatable bonds is 3. The standard InChI is InChI=1S/C15H21F3N2/c1-9(2)20-13(10(3)19-4)7-11-5-6-12(8-14(11)20)15(16,17)18/h5-6,8-10,13,19H,7H2,1-4H3. The Balaban J connectivity index is 2.43. The van der Waals surface area contributed by atoms with E-state index >= 15 is 0 Å². The molecule has 0 saturated heterocycles. The molecule has 0 radical (unpaired) electrons. The van der Waals surface area contributed by atoms with Crippen molar-refractivity contribution in [3.63, 3.8) is 0 Å². The molecule has 2 nitrogen and oxygen atoms in total. The fourth-order valence-corrected chi connectivity index (χ4v) is 2.93. The van der Waals surface area contributed by atoms with Crippen molar-refractivity contribution in [1.29, 1.82) is 0 Å². The molecule has 0 fully saturated rings. The fraction of sp³-hybridized carbons (Fsp3) is 0.600. The number of fused-ring (bicyclic) bond motifs is 1. The summed E-state index contributed by atoms with van der Waals surface area (Å²) in [5.41, 5.74) is 1.15. The van der Waals surface area contributed by atoms with Gasteiger partial charge in [0.15, 0.2) is 0 Å². The number of likely N-dealkylation sites (N-methyl/N-ethyl adjacent to an activating group) is 1. The molecule has 2 unspecified atom stereocenters. The number of nitrogens with zero attached hydrogens (tertiary/aromatic N) is 1. The van der Waals surface area contributed by atoms with Gasteiger partial charge >= 0.3 is 6.18 Å². The topological polar surface area (TPSA) is 15.3 Å². The van der Waals surface area contributed by atoms with Crippen molar-refractivity contribution in [2.24, 2.45) is 0 Å². The van der Waals surface area contributed by atoms with Gasteiger partial charge in [0, 0.05) is 23.8 Å². The first-order valence-corrected chi connectivity index (χ1v) is 6.91. The minimum Gasteiger partial charge on any atom is -0.364 e. The quantitative estimate of drug-likeness (QED) is 0.915. The summed E-state index contributed by atoms with van der Waals surface area (Å²) < 4.78 is 38.6. The molecule has 20 heavy (non-hydrogen) atoms. The molecule has 5 heteroatoms. The molecule has 0 bridgehead atoms. The molecule has 0 spiro atoms. The molecular formula is C15H21F3N2. The van der Waals surface area contributed by atoms with Gasteiger partial charge in [0.05, 0.1) is 5.56 Å². The van der Waals surface area contributed by atoms with Crippen molar-refractivity contribution < 1.29 is 13.2 Å². The van der Waals surface area contributed by atoms with Gasteiger partial charge in [0.1, 0.15) is 0 Å². The van der Waals surface area contributed by atoms with Crippen LogP contribution in [0.5, 0.6) is 0 Å². The molecule has 0 amide bonds. The van der Waals surface area contributed by atoms with Crippen LogP contribution >= 0.6 is 0 Å². The summed E-state index contributed by atoms with van der Waals surface area (Å²) in [7, 11) is 1.88. The van der Waals surface area contributed by atoms with Gasteiger partial charge in [0.2, 0.25) is 0 Å². The van der Waals surface area contributed by atoms with Crippen LogP contribution < -0.4 is 10.2 Å². The molecule has 0 aliphatic carbocycles. The Morgan fingerprint density at radius 1 is 1.25 bits per heavy atom. The van der Waals surface area contributed by atoms with Gasteiger partial charge in [-0.1, -0.05) is 6.07 Å². The lowest BCUT2D eigenvalue weighted by Crippen LogP contribution is -2.48. The lowest BCUT2D eigenvalue weighted by Gasteiger charge is -2.35. The van der Waals surface area contributed by atoms with Gasteiger partial charge in [-0.15, -0.1) is 0 Å². The third-order valence-corrected chi connectivity index (χ3v) is 4.07. The highest BCUT2D eigenvalue weighted by Crippen LogP contribution is 2.39. The molecule has 1 aromatic carbocycles. The van der Waals surface area contributed by atoms with E-state index in [-0.39, 0.29) is 18.1 Å². The lowest BCUT2D eigenvalue weighted by molar-refractivity contribution is -0.137. The predicted molar refractivity (Wildman–Crippen MR) is 75.1 cm³/mol. The second kappa shape index (κ2) is 5.28. The second-order valence-electron chi connectivity index (χ2n) is 5.69. The average molecular weight is 286 g/mol. The molecule has 1 aliphatic heterocycles. The van der Waals surface area contributed by atoms with E-state index in [0.717, 1.165) is 17.7 Å². The Kier molecular flexibility index (Phi) is 4.00. The first-order chi connectivity index (χ1) is 9.25. The summed E-state index contributed by atoms with van der Waals surface area (Å²) in [6, 6.07) is 4.68. The smallest absolute Gasteiger partial charge is 0.364 e. The fourth-order valence-electron chi connectivity index (χ4n) is 2.93. The number of alkyl halides is 3. The van der Waals surface area contributed by atoms with Gasteiger partial charge < -0.3 is 10.2 Å². The summed E-state index contributed by atoms with van der Waals surface area (Å²) in [4.78, 5) is 2.10. The zero-order chi connectivity index (χ0) is 15.1. The Morgan fingerprint density at radius 2 is 1.90 bits per heavy atom. The first-order valence-electron chi connectivity index (χ1n) is 6.91. The van der Waals surface area contributed by atoms with Crippen LogP contribution in [0.2, 0.25) is 0 Å². The predicted octanol–water partition coefficient (Wildman–Crippen LogP) is 3.45. The van der Waals surface area contributed by atoms with Crippen molar-refractivity contribution in [1.82, 2.24) is 5.32 Å². The van der Waals surface area contributed by atoms with Crippen LogP contribution in [0.25, 0.3) is 0 Å². The molecular weight excluding hydrogens is 265 g/mol. The van der Waals surface area contributed by atoms with E-state index in [1.807, 2.05) is 20.9 Å². The highest BCUT2D eigenvalue weighted by atomic mass is 19.4. The molecule has 112 valence electrons. The molecule has 1 aromatic rings. The summed E-state index contributed by atoms with van der Waals surface area (Å²) in [5, 5.41) is 3.21. The van der Waals surface area contributed by atoms with Gasteiger partial charge in [-0.3, -0.25) is 0 Å². The van der Waals surface area contributed by atoms with Crippen LogP contribution in [-0.2, 0) is 12.6 Å². The Hall–Kier alpha value is -1.23. The number of hydrogen-bond donors (Lipinski definition) is 1. The Labute approximate surface area is 118 Å². The summed E-state index contributed by atoms with van der Waals surface area (Å²) >= 11 is 0. The molecule has 0 aromatic heterocycles. The molecule has 1 heterocycles. The van der Waals surface area contributed by atoms with E-state index < -0.39 is 11.7 Å². The summed E-state index contributed by atoms with van der Waals surface area (Å²) in [5.74, 6) is 0. The van der Waals surface area contributed by atoms with E-state index in [4.69, 9.17) is 0 Å². The maximum absolute atomic E-state index is 12.9. The highest BCUT2D eigenvalue weighted by molar-refractivity contribution is 5.62. The molecule has 2 atom stereocenters. The highest BCUT2D eigenvalue weighted by Gasteiger charge is 2.37.